The van der Waals surface area contributed by atoms with E-state index in [4.69, 9.17) is 4.74 Å². The van der Waals surface area contributed by atoms with E-state index < -0.39 is 5.60 Å². The highest BCUT2D eigenvalue weighted by Crippen LogP contribution is 2.43. The number of rotatable bonds is 2. The molecule has 1 aromatic heterocycles. The van der Waals surface area contributed by atoms with E-state index in [0.29, 0.717) is 6.42 Å². The Morgan fingerprint density at radius 3 is 2.84 bits per heavy atom. The van der Waals surface area contributed by atoms with Gasteiger partial charge >= 0.3 is 0 Å². The number of benzene rings is 1. The van der Waals surface area contributed by atoms with E-state index in [0.717, 1.165) is 28.9 Å². The maximum absolute atomic E-state index is 11.1. The molecule has 1 N–H and O–H groups in total. The molecule has 1 heterocycles. The number of fused-ring (bicyclic) bond motifs is 1. The van der Waals surface area contributed by atoms with Gasteiger partial charge in [0, 0.05) is 18.0 Å². The maximum atomic E-state index is 11.1. The van der Waals surface area contributed by atoms with Crippen LogP contribution in [0.1, 0.15) is 28.7 Å². The van der Waals surface area contributed by atoms with Crippen LogP contribution in [0, 0.1) is 6.92 Å². The highest BCUT2D eigenvalue weighted by atomic mass is 16.5. The first-order valence-corrected chi connectivity index (χ1v) is 6.45. The van der Waals surface area contributed by atoms with Crippen LogP contribution in [0.4, 0.5) is 0 Å². The largest absolute Gasteiger partial charge is 0.497 e. The Hall–Kier alpha value is -1.87. The summed E-state index contributed by atoms with van der Waals surface area (Å²) in [4.78, 5) is 4.20. The van der Waals surface area contributed by atoms with E-state index >= 15 is 0 Å². The first kappa shape index (κ1) is 12.2. The molecule has 0 aliphatic heterocycles. The van der Waals surface area contributed by atoms with Crippen LogP contribution in [0.25, 0.3) is 0 Å². The van der Waals surface area contributed by atoms with Gasteiger partial charge in [-0.2, -0.15) is 0 Å². The molecule has 19 heavy (non-hydrogen) atoms. The number of ether oxygens (including phenoxy) is 1. The quantitative estimate of drug-likeness (QED) is 0.896. The molecule has 98 valence electrons. The first-order chi connectivity index (χ1) is 9.13. The molecule has 2 aromatic rings. The van der Waals surface area contributed by atoms with Gasteiger partial charge in [-0.15, -0.1) is 0 Å². The van der Waals surface area contributed by atoms with Gasteiger partial charge in [0.25, 0.3) is 0 Å². The van der Waals surface area contributed by atoms with Crippen molar-refractivity contribution in [2.75, 3.05) is 7.11 Å². The van der Waals surface area contributed by atoms with Gasteiger partial charge in [0.2, 0.25) is 0 Å². The number of aliphatic hydroxyl groups is 1. The second-order valence-electron chi connectivity index (χ2n) is 5.13. The lowest BCUT2D eigenvalue weighted by Crippen LogP contribution is -2.24. The minimum Gasteiger partial charge on any atom is -0.497 e. The van der Waals surface area contributed by atoms with Gasteiger partial charge in [-0.25, -0.2) is 0 Å². The highest BCUT2D eigenvalue weighted by molar-refractivity contribution is 5.48. The average Bonchev–Trinajstić information content (AvgIpc) is 2.77. The lowest BCUT2D eigenvalue weighted by atomic mass is 9.88. The lowest BCUT2D eigenvalue weighted by Gasteiger charge is -2.25. The molecule has 0 fully saturated rings. The molecular weight excluding hydrogens is 238 g/mol. The normalized spacial score (nSPS) is 21.2. The summed E-state index contributed by atoms with van der Waals surface area (Å²) in [7, 11) is 1.64. The van der Waals surface area contributed by atoms with Crippen LogP contribution in [-0.2, 0) is 12.0 Å². The molecule has 3 nitrogen and oxygen atoms in total. The van der Waals surface area contributed by atoms with Crippen molar-refractivity contribution in [2.24, 2.45) is 0 Å². The van der Waals surface area contributed by atoms with Gasteiger partial charge < -0.3 is 9.84 Å². The molecule has 0 bridgehead atoms. The third-order valence-corrected chi connectivity index (χ3v) is 3.87. The molecule has 1 atom stereocenters. The summed E-state index contributed by atoms with van der Waals surface area (Å²) in [5, 5.41) is 11.1. The molecule has 0 saturated carbocycles. The predicted molar refractivity (Wildman–Crippen MR) is 73.3 cm³/mol. The number of pyridine rings is 1. The number of methoxy groups -OCH3 is 1. The van der Waals surface area contributed by atoms with Crippen molar-refractivity contribution < 1.29 is 9.84 Å². The second-order valence-corrected chi connectivity index (χ2v) is 5.13. The summed E-state index contributed by atoms with van der Waals surface area (Å²) in [6.07, 6.45) is 5.13. The van der Waals surface area contributed by atoms with E-state index in [1.54, 1.807) is 19.5 Å². The van der Waals surface area contributed by atoms with Gasteiger partial charge in [-0.1, -0.05) is 6.07 Å². The van der Waals surface area contributed by atoms with E-state index in [1.165, 1.54) is 5.56 Å². The number of hydrogen-bond acceptors (Lipinski definition) is 3. The van der Waals surface area contributed by atoms with Crippen molar-refractivity contribution in [3.05, 3.63) is 58.9 Å². The summed E-state index contributed by atoms with van der Waals surface area (Å²) >= 11 is 0. The Morgan fingerprint density at radius 2 is 2.11 bits per heavy atom. The smallest absolute Gasteiger partial charge is 0.119 e. The molecule has 1 aliphatic rings. The molecule has 3 rings (SSSR count). The van der Waals surface area contributed by atoms with Gasteiger partial charge in [0.05, 0.1) is 7.11 Å². The molecule has 0 amide bonds. The minimum absolute atomic E-state index is 0.695. The summed E-state index contributed by atoms with van der Waals surface area (Å²) < 4.78 is 5.27. The fraction of sp³-hybridized carbons (Fsp3) is 0.312. The Balaban J connectivity index is 2.13. The van der Waals surface area contributed by atoms with E-state index in [1.807, 2.05) is 31.2 Å². The van der Waals surface area contributed by atoms with Crippen LogP contribution in [0.2, 0.25) is 0 Å². The minimum atomic E-state index is -0.942. The van der Waals surface area contributed by atoms with Gasteiger partial charge in [0.15, 0.2) is 0 Å². The number of aromatic nitrogens is 1. The molecule has 0 saturated heterocycles. The first-order valence-electron chi connectivity index (χ1n) is 6.45. The topological polar surface area (TPSA) is 42.4 Å². The number of nitrogens with zero attached hydrogens (tertiary/aromatic N) is 1. The van der Waals surface area contributed by atoms with Gasteiger partial charge in [-0.3, -0.25) is 4.98 Å². The summed E-state index contributed by atoms with van der Waals surface area (Å²) in [6.45, 7) is 1.99. The van der Waals surface area contributed by atoms with Crippen molar-refractivity contribution in [1.29, 1.82) is 0 Å². The third-order valence-electron chi connectivity index (χ3n) is 3.87. The van der Waals surface area contributed by atoms with Gasteiger partial charge in [0.1, 0.15) is 11.4 Å². The maximum Gasteiger partial charge on any atom is 0.119 e. The average molecular weight is 255 g/mol. The summed E-state index contributed by atoms with van der Waals surface area (Å²) in [5.41, 5.74) is 3.11. The van der Waals surface area contributed by atoms with Crippen LogP contribution in [0.3, 0.4) is 0 Å². The fourth-order valence-corrected chi connectivity index (χ4v) is 2.82. The van der Waals surface area contributed by atoms with Crippen LogP contribution < -0.4 is 4.74 Å². The number of hydrogen-bond donors (Lipinski definition) is 1. The monoisotopic (exact) mass is 255 g/mol. The Labute approximate surface area is 112 Å². The second kappa shape index (κ2) is 4.35. The van der Waals surface area contributed by atoms with E-state index in [-0.39, 0.29) is 0 Å². The highest BCUT2D eigenvalue weighted by Gasteiger charge is 2.38. The molecule has 1 aliphatic carbocycles. The zero-order valence-corrected chi connectivity index (χ0v) is 11.2. The van der Waals surface area contributed by atoms with Crippen molar-refractivity contribution >= 4 is 0 Å². The third kappa shape index (κ3) is 1.90. The van der Waals surface area contributed by atoms with Crippen LogP contribution in [0.15, 0.2) is 36.7 Å². The molecular formula is C16H17NO2. The molecule has 0 radical (unpaired) electrons. The zero-order valence-electron chi connectivity index (χ0n) is 11.2. The predicted octanol–water partition coefficient (Wildman–Crippen LogP) is 2.58. The fourth-order valence-electron chi connectivity index (χ4n) is 2.82. The van der Waals surface area contributed by atoms with Gasteiger partial charge in [-0.05, 0) is 54.7 Å². The summed E-state index contributed by atoms with van der Waals surface area (Å²) in [6, 6.07) is 7.92. The van der Waals surface area contributed by atoms with Crippen molar-refractivity contribution in [1.82, 2.24) is 4.98 Å². The Morgan fingerprint density at radius 1 is 1.26 bits per heavy atom. The summed E-state index contributed by atoms with van der Waals surface area (Å²) in [5.74, 6) is 0.777. The van der Waals surface area contributed by atoms with Crippen LogP contribution in [-0.4, -0.2) is 17.2 Å². The molecule has 1 aromatic carbocycles. The van der Waals surface area contributed by atoms with Crippen LogP contribution in [0.5, 0.6) is 5.75 Å². The molecule has 3 heteroatoms. The molecule has 1 unspecified atom stereocenters. The van der Waals surface area contributed by atoms with Crippen molar-refractivity contribution in [3.63, 3.8) is 0 Å². The Kier molecular flexibility index (Phi) is 2.79. The Bertz CT molecular complexity index is 624. The molecule has 0 spiro atoms. The van der Waals surface area contributed by atoms with Crippen molar-refractivity contribution in [2.45, 2.75) is 25.4 Å². The van der Waals surface area contributed by atoms with E-state index in [9.17, 15) is 5.11 Å². The standard InChI is InChI=1S/C16H17NO2/c1-11-7-13(10-17-9-11)16(18)6-5-12-3-4-14(19-2)8-15(12)16/h3-4,7-10,18H,5-6H2,1-2H3. The van der Waals surface area contributed by atoms with Crippen molar-refractivity contribution in [3.8, 4) is 5.75 Å². The lowest BCUT2D eigenvalue weighted by molar-refractivity contribution is 0.0823. The number of aryl methyl sites for hydroxylation is 2. The van der Waals surface area contributed by atoms with Crippen LogP contribution >= 0.6 is 0 Å². The SMILES string of the molecule is COc1ccc2c(c1)C(O)(c1cncc(C)c1)CC2. The van der Waals surface area contributed by atoms with E-state index in [2.05, 4.69) is 4.98 Å². The zero-order chi connectivity index (χ0) is 13.5.